The van der Waals surface area contributed by atoms with Crippen LogP contribution in [0.4, 0.5) is 13.2 Å². The maximum atomic E-state index is 13.0. The first-order chi connectivity index (χ1) is 14.1. The number of carboxylic acid groups (broad SMARTS) is 1. The lowest BCUT2D eigenvalue weighted by Gasteiger charge is -2.12. The van der Waals surface area contributed by atoms with Crippen LogP contribution in [0.5, 0.6) is 5.75 Å². The van der Waals surface area contributed by atoms with Crippen molar-refractivity contribution in [1.82, 2.24) is 15.2 Å². The number of thiazole rings is 1. The summed E-state index contributed by atoms with van der Waals surface area (Å²) in [6, 6.07) is 8.09. The van der Waals surface area contributed by atoms with E-state index in [0.29, 0.717) is 10.1 Å². The SMILES string of the molecule is O=C(O)C(Cc1nc2cc(C(F)(F)F)c(O)cc2s1)c1n[nH]c(=O)c2ccccc12. The second-order valence-corrected chi connectivity index (χ2v) is 7.64. The smallest absolute Gasteiger partial charge is 0.420 e. The molecule has 3 N–H and O–H groups in total. The van der Waals surface area contributed by atoms with Crippen molar-refractivity contribution in [2.45, 2.75) is 18.5 Å². The van der Waals surface area contributed by atoms with Crippen LogP contribution in [0.25, 0.3) is 21.0 Å². The molecule has 30 heavy (non-hydrogen) atoms. The number of halogens is 3. The van der Waals surface area contributed by atoms with E-state index in [9.17, 15) is 33.0 Å². The molecule has 0 aliphatic rings. The Morgan fingerprint density at radius 3 is 2.57 bits per heavy atom. The number of rotatable bonds is 4. The lowest BCUT2D eigenvalue weighted by molar-refractivity contribution is -0.139. The molecule has 1 unspecified atom stereocenters. The molecule has 0 saturated heterocycles. The maximum absolute atomic E-state index is 13.0. The van der Waals surface area contributed by atoms with Crippen molar-refractivity contribution in [3.63, 3.8) is 0 Å². The van der Waals surface area contributed by atoms with Gasteiger partial charge in [0.05, 0.1) is 31.9 Å². The molecule has 4 rings (SSSR count). The standard InChI is InChI=1S/C19H12F3N3O4S/c20-19(21,22)11-6-12-14(7-13(11)26)30-15(23-12)5-10(18(28)29)16-8-3-1-2-4-9(8)17(27)25-24-16/h1-4,6-7,10,26H,5H2,(H,25,27)(H,28,29). The molecule has 0 saturated carbocycles. The summed E-state index contributed by atoms with van der Waals surface area (Å²) < 4.78 is 39.3. The number of fused-ring (bicyclic) bond motifs is 2. The zero-order valence-corrected chi connectivity index (χ0v) is 15.7. The number of nitrogens with zero attached hydrogens (tertiary/aromatic N) is 2. The van der Waals surface area contributed by atoms with Crippen molar-refractivity contribution >= 4 is 38.3 Å². The lowest BCUT2D eigenvalue weighted by Crippen LogP contribution is -2.20. The van der Waals surface area contributed by atoms with Gasteiger partial charge >= 0.3 is 12.1 Å². The Morgan fingerprint density at radius 1 is 1.20 bits per heavy atom. The van der Waals surface area contributed by atoms with Crippen molar-refractivity contribution in [1.29, 1.82) is 0 Å². The molecule has 0 spiro atoms. The number of H-pyrrole nitrogens is 1. The van der Waals surface area contributed by atoms with Crippen molar-refractivity contribution in [3.8, 4) is 5.75 Å². The van der Waals surface area contributed by atoms with E-state index in [1.54, 1.807) is 18.2 Å². The monoisotopic (exact) mass is 435 g/mol. The molecular formula is C19H12F3N3O4S. The van der Waals surface area contributed by atoms with Crippen LogP contribution in [-0.4, -0.2) is 31.4 Å². The summed E-state index contributed by atoms with van der Waals surface area (Å²) in [4.78, 5) is 28.0. The Bertz CT molecular complexity index is 1350. The molecule has 0 fully saturated rings. The molecule has 2 heterocycles. The van der Waals surface area contributed by atoms with E-state index in [4.69, 9.17) is 0 Å². The molecule has 11 heteroatoms. The molecule has 2 aromatic heterocycles. The predicted octanol–water partition coefficient (Wildman–Crippen LogP) is 3.67. The lowest BCUT2D eigenvalue weighted by atomic mass is 9.97. The molecule has 2 aromatic carbocycles. The highest BCUT2D eigenvalue weighted by atomic mass is 32.1. The first-order valence-corrected chi connectivity index (χ1v) is 9.36. The summed E-state index contributed by atoms with van der Waals surface area (Å²) in [5.74, 6) is -3.34. The Kier molecular flexibility index (Phi) is 4.69. The first-order valence-electron chi connectivity index (χ1n) is 8.55. The average Bonchev–Trinajstić information content (AvgIpc) is 3.07. The van der Waals surface area contributed by atoms with Crippen LogP contribution in [0.3, 0.4) is 0 Å². The number of carbonyl (C=O) groups is 1. The number of aliphatic carboxylic acids is 1. The zero-order valence-electron chi connectivity index (χ0n) is 14.9. The molecule has 0 aliphatic carbocycles. The summed E-state index contributed by atoms with van der Waals surface area (Å²) in [5.41, 5.74) is -1.55. The highest BCUT2D eigenvalue weighted by molar-refractivity contribution is 7.18. The van der Waals surface area contributed by atoms with Gasteiger partial charge in [0.2, 0.25) is 0 Å². The highest BCUT2D eigenvalue weighted by Crippen LogP contribution is 2.39. The van der Waals surface area contributed by atoms with Crippen molar-refractivity contribution < 1.29 is 28.2 Å². The third-order valence-electron chi connectivity index (χ3n) is 4.59. The van der Waals surface area contributed by atoms with Gasteiger partial charge in [0.15, 0.2) is 0 Å². The minimum atomic E-state index is -4.75. The maximum Gasteiger partial charge on any atom is 0.420 e. The number of aromatic amines is 1. The van der Waals surface area contributed by atoms with Crippen molar-refractivity contribution in [2.24, 2.45) is 0 Å². The van der Waals surface area contributed by atoms with Gasteiger partial charge in [-0.05, 0) is 18.2 Å². The first kappa shape index (κ1) is 19.8. The topological polar surface area (TPSA) is 116 Å². The molecular weight excluding hydrogens is 423 g/mol. The fourth-order valence-electron chi connectivity index (χ4n) is 3.20. The largest absolute Gasteiger partial charge is 0.507 e. The van der Waals surface area contributed by atoms with Gasteiger partial charge in [-0.3, -0.25) is 9.59 Å². The van der Waals surface area contributed by atoms with Gasteiger partial charge in [-0.25, -0.2) is 10.1 Å². The number of benzene rings is 2. The Morgan fingerprint density at radius 2 is 1.90 bits per heavy atom. The number of phenolic OH excluding ortho intramolecular Hbond substituents is 1. The van der Waals surface area contributed by atoms with E-state index < -0.39 is 34.9 Å². The van der Waals surface area contributed by atoms with Crippen molar-refractivity contribution in [2.75, 3.05) is 0 Å². The number of nitrogens with one attached hydrogen (secondary N) is 1. The fraction of sp³-hybridized carbons (Fsp3) is 0.158. The number of phenols is 1. The van der Waals surface area contributed by atoms with Crippen LogP contribution in [0.1, 0.15) is 22.2 Å². The number of aromatic nitrogens is 3. The van der Waals surface area contributed by atoms with Gasteiger partial charge in [0.1, 0.15) is 11.7 Å². The zero-order chi connectivity index (χ0) is 21.6. The summed E-state index contributed by atoms with van der Waals surface area (Å²) in [5, 5.41) is 26.5. The van der Waals surface area contributed by atoms with Crippen LogP contribution in [0, 0.1) is 0 Å². The van der Waals surface area contributed by atoms with Crippen LogP contribution in [0.2, 0.25) is 0 Å². The van der Waals surface area contributed by atoms with E-state index in [1.165, 1.54) is 6.07 Å². The molecule has 0 bridgehead atoms. The molecule has 4 aromatic rings. The van der Waals surface area contributed by atoms with E-state index in [2.05, 4.69) is 15.2 Å². The minimum Gasteiger partial charge on any atom is -0.507 e. The predicted molar refractivity (Wildman–Crippen MR) is 103 cm³/mol. The second kappa shape index (κ2) is 7.10. The molecule has 7 nitrogen and oxygen atoms in total. The summed E-state index contributed by atoms with van der Waals surface area (Å²) >= 11 is 0.978. The molecule has 0 amide bonds. The average molecular weight is 435 g/mol. The molecule has 1 atom stereocenters. The van der Waals surface area contributed by atoms with Crippen LogP contribution in [0.15, 0.2) is 41.2 Å². The van der Waals surface area contributed by atoms with Crippen LogP contribution in [-0.2, 0) is 17.4 Å². The normalized spacial score (nSPS) is 13.0. The van der Waals surface area contributed by atoms with E-state index in [1.807, 2.05) is 0 Å². The minimum absolute atomic E-state index is 0.00329. The number of alkyl halides is 3. The van der Waals surface area contributed by atoms with E-state index in [0.717, 1.165) is 23.5 Å². The third kappa shape index (κ3) is 3.47. The molecule has 0 radical (unpaired) electrons. The third-order valence-corrected chi connectivity index (χ3v) is 5.63. The van der Waals surface area contributed by atoms with Gasteiger partial charge < -0.3 is 10.2 Å². The Balaban J connectivity index is 1.78. The quantitative estimate of drug-likeness (QED) is 0.451. The number of carboxylic acids is 1. The number of hydrogen-bond donors (Lipinski definition) is 3. The van der Waals surface area contributed by atoms with Gasteiger partial charge in [-0.2, -0.15) is 18.3 Å². The van der Waals surface area contributed by atoms with Crippen molar-refractivity contribution in [3.05, 3.63) is 63.0 Å². The van der Waals surface area contributed by atoms with Gasteiger partial charge in [0, 0.05) is 11.8 Å². The number of hydrogen-bond acceptors (Lipinski definition) is 6. The van der Waals surface area contributed by atoms with Crippen LogP contribution < -0.4 is 5.56 Å². The second-order valence-electron chi connectivity index (χ2n) is 6.52. The Labute approximate surface area is 169 Å². The Hall–Kier alpha value is -3.47. The molecule has 0 aliphatic heterocycles. The fourth-order valence-corrected chi connectivity index (χ4v) is 4.23. The van der Waals surface area contributed by atoms with E-state index >= 15 is 0 Å². The van der Waals surface area contributed by atoms with Crippen LogP contribution >= 0.6 is 11.3 Å². The summed E-state index contributed by atoms with van der Waals surface area (Å²) in [6.45, 7) is 0. The highest BCUT2D eigenvalue weighted by Gasteiger charge is 2.35. The molecule has 154 valence electrons. The number of aromatic hydroxyl groups is 1. The van der Waals surface area contributed by atoms with E-state index in [-0.39, 0.29) is 28.0 Å². The van der Waals surface area contributed by atoms with Gasteiger partial charge in [-0.15, -0.1) is 11.3 Å². The van der Waals surface area contributed by atoms with Gasteiger partial charge in [-0.1, -0.05) is 18.2 Å². The van der Waals surface area contributed by atoms with Gasteiger partial charge in [0.25, 0.3) is 5.56 Å². The summed E-state index contributed by atoms with van der Waals surface area (Å²) in [7, 11) is 0. The summed E-state index contributed by atoms with van der Waals surface area (Å²) in [6.07, 6.45) is -4.90.